The van der Waals surface area contributed by atoms with Crippen LogP contribution in [0.15, 0.2) is 0 Å². The summed E-state index contributed by atoms with van der Waals surface area (Å²) in [5.41, 5.74) is 0. The van der Waals surface area contributed by atoms with Crippen molar-refractivity contribution in [2.75, 3.05) is 6.61 Å². The van der Waals surface area contributed by atoms with E-state index in [0.717, 1.165) is 19.4 Å². The van der Waals surface area contributed by atoms with Crippen LogP contribution in [0.2, 0.25) is 0 Å². The Morgan fingerprint density at radius 2 is 2.31 bits per heavy atom. The van der Waals surface area contributed by atoms with Gasteiger partial charge in [0.2, 0.25) is 5.91 Å². The minimum Gasteiger partial charge on any atom is -0.481 e. The van der Waals surface area contributed by atoms with Crippen molar-refractivity contribution in [1.29, 1.82) is 0 Å². The monoisotopic (exact) mass is 229 g/mol. The van der Waals surface area contributed by atoms with Crippen LogP contribution in [0.4, 0.5) is 0 Å². The predicted octanol–water partition coefficient (Wildman–Crippen LogP) is 0.925. The van der Waals surface area contributed by atoms with E-state index in [1.807, 2.05) is 6.92 Å². The average Bonchev–Trinajstić information content (AvgIpc) is 2.67. The highest BCUT2D eigenvalue weighted by Crippen LogP contribution is 2.15. The maximum Gasteiger partial charge on any atom is 0.303 e. The fourth-order valence-corrected chi connectivity index (χ4v) is 1.76. The first kappa shape index (κ1) is 13.0. The van der Waals surface area contributed by atoms with Gasteiger partial charge in [-0.25, -0.2) is 0 Å². The molecule has 1 saturated heterocycles. The summed E-state index contributed by atoms with van der Waals surface area (Å²) < 4.78 is 5.35. The number of carbonyl (C=O) groups is 2. The van der Waals surface area contributed by atoms with Gasteiger partial charge >= 0.3 is 5.97 Å². The molecular formula is C11H19NO4. The largest absolute Gasteiger partial charge is 0.481 e. The van der Waals surface area contributed by atoms with E-state index in [1.54, 1.807) is 0 Å². The van der Waals surface area contributed by atoms with Crippen LogP contribution in [0.5, 0.6) is 0 Å². The number of ether oxygens (including phenoxy) is 1. The topological polar surface area (TPSA) is 75.6 Å². The Bertz CT molecular complexity index is 248. The molecule has 1 rings (SSSR count). The Labute approximate surface area is 95.2 Å². The third-order valence-electron chi connectivity index (χ3n) is 2.64. The lowest BCUT2D eigenvalue weighted by molar-refractivity contribution is -0.137. The molecule has 2 N–H and O–H groups in total. The third kappa shape index (κ3) is 5.11. The van der Waals surface area contributed by atoms with Crippen LogP contribution >= 0.6 is 0 Å². The number of carboxylic acid groups (broad SMARTS) is 1. The summed E-state index contributed by atoms with van der Waals surface area (Å²) in [6.45, 7) is 2.56. The summed E-state index contributed by atoms with van der Waals surface area (Å²) in [7, 11) is 0. The van der Waals surface area contributed by atoms with Gasteiger partial charge in [-0.1, -0.05) is 0 Å². The number of hydrogen-bond acceptors (Lipinski definition) is 3. The number of nitrogens with one attached hydrogen (secondary N) is 1. The summed E-state index contributed by atoms with van der Waals surface area (Å²) in [6, 6.07) is -0.0926. The third-order valence-corrected chi connectivity index (χ3v) is 2.64. The number of carboxylic acids is 1. The summed E-state index contributed by atoms with van der Waals surface area (Å²) in [6.07, 6.45) is 2.95. The molecule has 0 aromatic rings. The zero-order valence-corrected chi connectivity index (χ0v) is 9.57. The summed E-state index contributed by atoms with van der Waals surface area (Å²) in [5.74, 6) is -0.884. The molecule has 2 unspecified atom stereocenters. The molecule has 0 saturated carbocycles. The molecule has 5 nitrogen and oxygen atoms in total. The van der Waals surface area contributed by atoms with Crippen LogP contribution in [-0.4, -0.2) is 35.7 Å². The minimum atomic E-state index is -0.833. The first-order chi connectivity index (χ1) is 7.58. The van der Waals surface area contributed by atoms with Gasteiger partial charge in [0.1, 0.15) is 0 Å². The van der Waals surface area contributed by atoms with Gasteiger partial charge in [-0.05, 0) is 26.2 Å². The number of rotatable bonds is 6. The summed E-state index contributed by atoms with van der Waals surface area (Å²) in [4.78, 5) is 21.9. The highest BCUT2D eigenvalue weighted by atomic mass is 16.5. The maximum absolute atomic E-state index is 11.5. The minimum absolute atomic E-state index is 0.0478. The molecule has 1 aliphatic heterocycles. The molecule has 0 spiro atoms. The van der Waals surface area contributed by atoms with Crippen molar-refractivity contribution < 1.29 is 19.4 Å². The molecule has 0 aromatic heterocycles. The average molecular weight is 229 g/mol. The lowest BCUT2D eigenvalue weighted by Crippen LogP contribution is -2.34. The van der Waals surface area contributed by atoms with Gasteiger partial charge in [-0.15, -0.1) is 0 Å². The van der Waals surface area contributed by atoms with E-state index in [2.05, 4.69) is 5.32 Å². The standard InChI is InChI=1S/C11H19NO4/c1-8(4-5-11(14)15)12-10(13)7-9-3-2-6-16-9/h8-9H,2-7H2,1H3,(H,12,13)(H,14,15). The van der Waals surface area contributed by atoms with E-state index >= 15 is 0 Å². The van der Waals surface area contributed by atoms with Crippen LogP contribution in [0.25, 0.3) is 0 Å². The molecule has 1 fully saturated rings. The molecule has 1 heterocycles. The molecule has 1 aliphatic rings. The van der Waals surface area contributed by atoms with Gasteiger partial charge in [-0.3, -0.25) is 9.59 Å². The number of hydrogen-bond donors (Lipinski definition) is 2. The van der Waals surface area contributed by atoms with Gasteiger partial charge in [0, 0.05) is 19.1 Å². The Hall–Kier alpha value is -1.10. The lowest BCUT2D eigenvalue weighted by Gasteiger charge is -2.14. The van der Waals surface area contributed by atoms with Crippen molar-refractivity contribution in [1.82, 2.24) is 5.32 Å². The first-order valence-electron chi connectivity index (χ1n) is 5.70. The lowest BCUT2D eigenvalue weighted by atomic mass is 10.1. The molecule has 0 radical (unpaired) electrons. The van der Waals surface area contributed by atoms with E-state index in [4.69, 9.17) is 9.84 Å². The molecule has 0 bridgehead atoms. The number of carbonyl (C=O) groups excluding carboxylic acids is 1. The molecular weight excluding hydrogens is 210 g/mol. The Morgan fingerprint density at radius 1 is 1.56 bits per heavy atom. The van der Waals surface area contributed by atoms with Crippen molar-refractivity contribution >= 4 is 11.9 Å². The fourth-order valence-electron chi connectivity index (χ4n) is 1.76. The van der Waals surface area contributed by atoms with Crippen molar-refractivity contribution in [2.24, 2.45) is 0 Å². The number of aliphatic carboxylic acids is 1. The molecule has 2 atom stereocenters. The first-order valence-corrected chi connectivity index (χ1v) is 5.70. The molecule has 0 aliphatic carbocycles. The highest BCUT2D eigenvalue weighted by Gasteiger charge is 2.19. The Morgan fingerprint density at radius 3 is 2.88 bits per heavy atom. The molecule has 0 aromatic carbocycles. The molecule has 1 amide bonds. The van der Waals surface area contributed by atoms with Crippen LogP contribution in [0, 0.1) is 0 Å². The van der Waals surface area contributed by atoms with Gasteiger partial charge < -0.3 is 15.2 Å². The normalized spacial score (nSPS) is 21.7. The van der Waals surface area contributed by atoms with Gasteiger partial charge in [-0.2, -0.15) is 0 Å². The Kier molecular flexibility index (Phi) is 5.25. The van der Waals surface area contributed by atoms with E-state index < -0.39 is 5.97 Å². The summed E-state index contributed by atoms with van der Waals surface area (Å²) >= 11 is 0. The zero-order chi connectivity index (χ0) is 12.0. The quantitative estimate of drug-likeness (QED) is 0.710. The van der Waals surface area contributed by atoms with Crippen LogP contribution in [0.3, 0.4) is 0 Å². The second-order valence-corrected chi connectivity index (χ2v) is 4.24. The molecule has 16 heavy (non-hydrogen) atoms. The van der Waals surface area contributed by atoms with Crippen LogP contribution in [0.1, 0.15) is 39.0 Å². The van der Waals surface area contributed by atoms with E-state index in [-0.39, 0.29) is 24.5 Å². The number of amides is 1. The second kappa shape index (κ2) is 6.48. The molecule has 5 heteroatoms. The van der Waals surface area contributed by atoms with Gasteiger partial charge in [0.15, 0.2) is 0 Å². The van der Waals surface area contributed by atoms with Crippen LogP contribution < -0.4 is 5.32 Å². The van der Waals surface area contributed by atoms with Crippen molar-refractivity contribution in [3.8, 4) is 0 Å². The van der Waals surface area contributed by atoms with Gasteiger partial charge in [0.25, 0.3) is 0 Å². The van der Waals surface area contributed by atoms with E-state index in [0.29, 0.717) is 12.8 Å². The van der Waals surface area contributed by atoms with E-state index in [1.165, 1.54) is 0 Å². The summed E-state index contributed by atoms with van der Waals surface area (Å²) in [5, 5.41) is 11.3. The molecule has 92 valence electrons. The van der Waals surface area contributed by atoms with Crippen molar-refractivity contribution in [2.45, 2.75) is 51.2 Å². The maximum atomic E-state index is 11.5. The van der Waals surface area contributed by atoms with Crippen molar-refractivity contribution in [3.63, 3.8) is 0 Å². The fraction of sp³-hybridized carbons (Fsp3) is 0.818. The second-order valence-electron chi connectivity index (χ2n) is 4.24. The zero-order valence-electron chi connectivity index (χ0n) is 9.57. The highest BCUT2D eigenvalue weighted by molar-refractivity contribution is 5.76. The van der Waals surface area contributed by atoms with E-state index in [9.17, 15) is 9.59 Å². The predicted molar refractivity (Wildman–Crippen MR) is 58.1 cm³/mol. The van der Waals surface area contributed by atoms with Crippen molar-refractivity contribution in [3.05, 3.63) is 0 Å². The van der Waals surface area contributed by atoms with Gasteiger partial charge in [0.05, 0.1) is 12.5 Å². The SMILES string of the molecule is CC(CCC(=O)O)NC(=O)CC1CCCO1. The Balaban J connectivity index is 2.14. The smallest absolute Gasteiger partial charge is 0.303 e. The van der Waals surface area contributed by atoms with Crippen LogP contribution in [-0.2, 0) is 14.3 Å².